The van der Waals surface area contributed by atoms with Gasteiger partial charge in [0.15, 0.2) is 0 Å². The highest BCUT2D eigenvalue weighted by Gasteiger charge is 2.31. The SMILES string of the molecule is COc1ccc(Cc2ccc(N(C)[C@@H](C)c3ccc(C(F)(F)F)cc3)c(-c3cn(C)cn3)c2S(N)(=O)=O)cc1. The van der Waals surface area contributed by atoms with Crippen LogP contribution in [-0.2, 0) is 29.7 Å². The maximum atomic E-state index is 13.1. The van der Waals surface area contributed by atoms with Gasteiger partial charge in [0, 0.05) is 31.5 Å². The van der Waals surface area contributed by atoms with Crippen LogP contribution in [0.5, 0.6) is 5.75 Å². The number of sulfonamides is 1. The third-order valence-corrected chi connectivity index (χ3v) is 7.73. The highest BCUT2D eigenvalue weighted by molar-refractivity contribution is 7.89. The third-order valence-electron chi connectivity index (χ3n) is 6.70. The van der Waals surface area contributed by atoms with E-state index in [2.05, 4.69) is 4.98 Å². The molecule has 0 aliphatic rings. The number of halogens is 3. The van der Waals surface area contributed by atoms with Crippen LogP contribution < -0.4 is 14.8 Å². The second-order valence-electron chi connectivity index (χ2n) is 9.35. The lowest BCUT2D eigenvalue weighted by Gasteiger charge is -2.30. The highest BCUT2D eigenvalue weighted by Crippen LogP contribution is 2.41. The molecule has 2 N–H and O–H groups in total. The first-order chi connectivity index (χ1) is 18.3. The fourth-order valence-corrected chi connectivity index (χ4v) is 5.51. The van der Waals surface area contributed by atoms with E-state index in [1.54, 1.807) is 67.5 Å². The van der Waals surface area contributed by atoms with Crippen LogP contribution in [0.2, 0.25) is 0 Å². The van der Waals surface area contributed by atoms with Crippen LogP contribution in [0.3, 0.4) is 0 Å². The average Bonchev–Trinajstić information content (AvgIpc) is 3.32. The minimum atomic E-state index is -4.44. The van der Waals surface area contributed by atoms with Crippen molar-refractivity contribution in [2.24, 2.45) is 12.2 Å². The summed E-state index contributed by atoms with van der Waals surface area (Å²) in [5.74, 6) is 0.675. The van der Waals surface area contributed by atoms with Crippen LogP contribution in [-0.4, -0.2) is 32.1 Å². The summed E-state index contributed by atoms with van der Waals surface area (Å²) in [7, 11) is 0.850. The normalized spacial score (nSPS) is 12.8. The molecule has 0 saturated carbocycles. The molecule has 4 rings (SSSR count). The van der Waals surface area contributed by atoms with E-state index < -0.39 is 27.8 Å². The minimum Gasteiger partial charge on any atom is -0.497 e. The van der Waals surface area contributed by atoms with Crippen LogP contribution in [0, 0.1) is 0 Å². The Bertz CT molecular complexity index is 1570. The molecule has 11 heteroatoms. The Morgan fingerprint density at radius 3 is 2.21 bits per heavy atom. The quantitative estimate of drug-likeness (QED) is 0.306. The molecule has 1 heterocycles. The lowest BCUT2D eigenvalue weighted by molar-refractivity contribution is -0.137. The summed E-state index contributed by atoms with van der Waals surface area (Å²) in [5.41, 5.74) is 2.47. The summed E-state index contributed by atoms with van der Waals surface area (Å²) in [5, 5.41) is 5.81. The zero-order chi connectivity index (χ0) is 28.5. The Hall–Kier alpha value is -3.83. The number of rotatable bonds is 8. The van der Waals surface area contributed by atoms with Gasteiger partial charge in [-0.05, 0) is 60.4 Å². The van der Waals surface area contributed by atoms with Crippen molar-refractivity contribution in [1.29, 1.82) is 0 Å². The first-order valence-electron chi connectivity index (χ1n) is 12.0. The minimum absolute atomic E-state index is 0.0546. The van der Waals surface area contributed by atoms with E-state index in [-0.39, 0.29) is 11.3 Å². The van der Waals surface area contributed by atoms with Crippen molar-refractivity contribution < 1.29 is 26.3 Å². The Labute approximate surface area is 225 Å². The van der Waals surface area contributed by atoms with E-state index in [0.29, 0.717) is 33.8 Å². The monoisotopic (exact) mass is 558 g/mol. The number of alkyl halides is 3. The van der Waals surface area contributed by atoms with Crippen molar-refractivity contribution in [3.05, 3.63) is 95.4 Å². The topological polar surface area (TPSA) is 90.4 Å². The number of hydrogen-bond donors (Lipinski definition) is 1. The van der Waals surface area contributed by atoms with Gasteiger partial charge in [-0.25, -0.2) is 18.5 Å². The van der Waals surface area contributed by atoms with Gasteiger partial charge in [-0.2, -0.15) is 13.2 Å². The molecular weight excluding hydrogens is 529 g/mol. The summed E-state index contributed by atoms with van der Waals surface area (Å²) >= 11 is 0. The number of benzene rings is 3. The molecule has 7 nitrogen and oxygen atoms in total. The average molecular weight is 559 g/mol. The number of nitrogens with zero attached hydrogens (tertiary/aromatic N) is 3. The molecule has 0 spiro atoms. The smallest absolute Gasteiger partial charge is 0.416 e. The molecule has 4 aromatic rings. The Kier molecular flexibility index (Phi) is 7.76. The third kappa shape index (κ3) is 6.10. The Morgan fingerprint density at radius 1 is 1.05 bits per heavy atom. The first kappa shape index (κ1) is 28.2. The molecule has 0 bridgehead atoms. The van der Waals surface area contributed by atoms with Gasteiger partial charge < -0.3 is 14.2 Å². The van der Waals surface area contributed by atoms with Gasteiger partial charge in [0.2, 0.25) is 10.0 Å². The van der Waals surface area contributed by atoms with Crippen molar-refractivity contribution in [1.82, 2.24) is 9.55 Å². The predicted octanol–water partition coefficient (Wildman–Crippen LogP) is 5.55. The van der Waals surface area contributed by atoms with Crippen LogP contribution in [0.4, 0.5) is 18.9 Å². The Balaban J connectivity index is 1.85. The molecule has 1 atom stereocenters. The molecule has 206 valence electrons. The number of nitrogens with two attached hydrogens (primary N) is 1. The molecule has 0 fully saturated rings. The van der Waals surface area contributed by atoms with E-state index in [1.165, 1.54) is 12.1 Å². The van der Waals surface area contributed by atoms with Gasteiger partial charge in [-0.3, -0.25) is 0 Å². The fourth-order valence-electron chi connectivity index (χ4n) is 4.51. The zero-order valence-corrected chi connectivity index (χ0v) is 22.7. The molecule has 1 aromatic heterocycles. The van der Waals surface area contributed by atoms with Crippen molar-refractivity contribution in [2.75, 3.05) is 19.1 Å². The number of imidazole rings is 1. The maximum Gasteiger partial charge on any atom is 0.416 e. The largest absolute Gasteiger partial charge is 0.497 e. The number of aromatic nitrogens is 2. The summed E-state index contributed by atoms with van der Waals surface area (Å²) in [6.07, 6.45) is -0.902. The Morgan fingerprint density at radius 2 is 1.69 bits per heavy atom. The number of methoxy groups -OCH3 is 1. The molecule has 0 unspecified atom stereocenters. The molecule has 0 aliphatic carbocycles. The van der Waals surface area contributed by atoms with Crippen molar-refractivity contribution in [3.63, 3.8) is 0 Å². The molecule has 0 saturated heterocycles. The van der Waals surface area contributed by atoms with Crippen molar-refractivity contribution in [2.45, 2.75) is 30.5 Å². The summed E-state index contributed by atoms with van der Waals surface area (Å²) in [6.45, 7) is 1.83. The molecule has 0 radical (unpaired) electrons. The van der Waals surface area contributed by atoms with E-state index in [1.807, 2.05) is 19.1 Å². The summed E-state index contributed by atoms with van der Waals surface area (Å²) < 4.78 is 72.3. The van der Waals surface area contributed by atoms with Crippen LogP contribution >= 0.6 is 0 Å². The number of aryl methyl sites for hydroxylation is 1. The molecule has 0 amide bonds. The molecular formula is C28H29F3N4O3S. The van der Waals surface area contributed by atoms with E-state index in [9.17, 15) is 21.6 Å². The van der Waals surface area contributed by atoms with Gasteiger partial charge in [0.25, 0.3) is 0 Å². The second kappa shape index (κ2) is 10.7. The molecule has 0 aliphatic heterocycles. The van der Waals surface area contributed by atoms with Gasteiger partial charge in [0.05, 0.1) is 35.6 Å². The zero-order valence-electron chi connectivity index (χ0n) is 21.9. The van der Waals surface area contributed by atoms with Crippen LogP contribution in [0.15, 0.2) is 78.1 Å². The van der Waals surface area contributed by atoms with E-state index >= 15 is 0 Å². The van der Waals surface area contributed by atoms with Gasteiger partial charge in [0.1, 0.15) is 5.75 Å². The molecule has 39 heavy (non-hydrogen) atoms. The predicted molar refractivity (Wildman–Crippen MR) is 144 cm³/mol. The number of hydrogen-bond acceptors (Lipinski definition) is 5. The van der Waals surface area contributed by atoms with Crippen molar-refractivity contribution >= 4 is 15.7 Å². The lowest BCUT2D eigenvalue weighted by atomic mass is 9.98. The van der Waals surface area contributed by atoms with E-state index in [4.69, 9.17) is 9.88 Å². The van der Waals surface area contributed by atoms with E-state index in [0.717, 1.165) is 17.7 Å². The maximum absolute atomic E-state index is 13.1. The van der Waals surface area contributed by atoms with Gasteiger partial charge >= 0.3 is 6.18 Å². The van der Waals surface area contributed by atoms with Gasteiger partial charge in [-0.1, -0.05) is 30.3 Å². The lowest BCUT2D eigenvalue weighted by Crippen LogP contribution is -2.24. The number of anilines is 1. The van der Waals surface area contributed by atoms with Crippen LogP contribution in [0.1, 0.15) is 35.2 Å². The second-order valence-corrected chi connectivity index (χ2v) is 10.8. The van der Waals surface area contributed by atoms with Crippen LogP contribution in [0.25, 0.3) is 11.3 Å². The highest BCUT2D eigenvalue weighted by atomic mass is 32.2. The fraction of sp³-hybridized carbons (Fsp3) is 0.250. The standard InChI is InChI=1S/C28H29F3N4O3S/c1-18(20-7-10-22(11-8-20)28(29,30)31)35(3)25-14-9-21(15-19-5-12-23(38-4)13-6-19)27(39(32,36)37)26(25)24-16-34(2)17-33-24/h5-14,16-18H,15H2,1-4H3,(H2,32,36,37)/t18-/m0/s1. The number of ether oxygens (including phenoxy) is 1. The summed E-state index contributed by atoms with van der Waals surface area (Å²) in [6, 6.07) is 15.3. The molecule has 3 aromatic carbocycles. The number of primary sulfonamides is 1. The summed E-state index contributed by atoms with van der Waals surface area (Å²) in [4.78, 5) is 6.17. The van der Waals surface area contributed by atoms with Gasteiger partial charge in [-0.15, -0.1) is 0 Å². The van der Waals surface area contributed by atoms with Crippen molar-refractivity contribution in [3.8, 4) is 17.0 Å². The first-order valence-corrected chi connectivity index (χ1v) is 13.5.